The van der Waals surface area contributed by atoms with E-state index in [0.29, 0.717) is 0 Å². The van der Waals surface area contributed by atoms with Gasteiger partial charge in [0, 0.05) is 5.41 Å². The van der Waals surface area contributed by atoms with Crippen LogP contribution >= 0.6 is 0 Å². The van der Waals surface area contributed by atoms with Crippen LogP contribution < -0.4 is 0 Å². The first-order valence-corrected chi connectivity index (χ1v) is 7.72. The first kappa shape index (κ1) is 13.1. The van der Waals surface area contributed by atoms with Gasteiger partial charge in [-0.3, -0.25) is 0 Å². The molecular weight excluding hydrogens is 268 g/mol. The van der Waals surface area contributed by atoms with Crippen molar-refractivity contribution in [3.8, 4) is 0 Å². The third kappa shape index (κ3) is 2.10. The van der Waals surface area contributed by atoms with Gasteiger partial charge in [0.2, 0.25) is 0 Å². The van der Waals surface area contributed by atoms with Gasteiger partial charge in [0.05, 0.1) is 6.26 Å². The molecule has 2 aromatic rings. The summed E-state index contributed by atoms with van der Waals surface area (Å²) in [6.07, 6.45) is 10.1. The van der Waals surface area contributed by atoms with Crippen LogP contribution in [0, 0.1) is 0 Å². The standard InChI is InChI=1S/C21H18O/c1-3-9-18(10-4-1)21(19-11-5-2-6-12-19)14-13-20-17(16-21)8-7-15-22-20/h1-13,15H,14,16H2. The van der Waals surface area contributed by atoms with Crippen LogP contribution in [-0.2, 0) is 10.2 Å². The van der Waals surface area contributed by atoms with E-state index in [4.69, 9.17) is 4.74 Å². The minimum absolute atomic E-state index is 0.00755. The van der Waals surface area contributed by atoms with Gasteiger partial charge in [-0.25, -0.2) is 0 Å². The molecule has 1 nitrogen and oxygen atoms in total. The Bertz CT molecular complexity index is 712. The molecule has 2 aliphatic rings. The van der Waals surface area contributed by atoms with Crippen molar-refractivity contribution in [1.82, 2.24) is 0 Å². The number of benzene rings is 2. The Balaban J connectivity index is 1.88. The van der Waals surface area contributed by atoms with Crippen molar-refractivity contribution in [1.29, 1.82) is 0 Å². The van der Waals surface area contributed by atoms with Crippen molar-refractivity contribution in [3.63, 3.8) is 0 Å². The van der Waals surface area contributed by atoms with Gasteiger partial charge in [-0.1, -0.05) is 66.7 Å². The summed E-state index contributed by atoms with van der Waals surface area (Å²) in [5.74, 6) is 1.02. The predicted octanol–water partition coefficient (Wildman–Crippen LogP) is 5.12. The molecule has 1 aliphatic heterocycles. The molecule has 0 unspecified atom stereocenters. The van der Waals surface area contributed by atoms with E-state index in [-0.39, 0.29) is 5.41 Å². The molecule has 1 aliphatic carbocycles. The minimum atomic E-state index is -0.00755. The number of allylic oxidation sites excluding steroid dienone is 4. The fourth-order valence-electron chi connectivity index (χ4n) is 3.54. The maximum atomic E-state index is 5.66. The van der Waals surface area contributed by atoms with Crippen LogP contribution in [0.5, 0.6) is 0 Å². The Morgan fingerprint density at radius 3 is 2.09 bits per heavy atom. The quantitative estimate of drug-likeness (QED) is 0.744. The van der Waals surface area contributed by atoms with E-state index in [2.05, 4.69) is 72.8 Å². The topological polar surface area (TPSA) is 9.23 Å². The minimum Gasteiger partial charge on any atom is -0.465 e. The number of ether oxygens (including phenoxy) is 1. The van der Waals surface area contributed by atoms with Gasteiger partial charge in [-0.15, -0.1) is 0 Å². The lowest BCUT2D eigenvalue weighted by Gasteiger charge is -2.39. The molecule has 0 saturated heterocycles. The maximum Gasteiger partial charge on any atom is 0.125 e. The molecular formula is C21H18O. The van der Waals surface area contributed by atoms with Gasteiger partial charge < -0.3 is 4.74 Å². The highest BCUT2D eigenvalue weighted by atomic mass is 16.5. The molecule has 0 bridgehead atoms. The highest BCUT2D eigenvalue weighted by molar-refractivity contribution is 5.48. The lowest BCUT2D eigenvalue weighted by molar-refractivity contribution is 0.329. The lowest BCUT2D eigenvalue weighted by Crippen LogP contribution is -2.31. The summed E-state index contributed by atoms with van der Waals surface area (Å²) < 4.78 is 5.66. The van der Waals surface area contributed by atoms with E-state index in [1.54, 1.807) is 6.26 Å². The zero-order valence-electron chi connectivity index (χ0n) is 12.4. The Kier molecular flexibility index (Phi) is 3.19. The second-order valence-electron chi connectivity index (χ2n) is 5.90. The molecule has 0 aromatic heterocycles. The largest absolute Gasteiger partial charge is 0.465 e. The summed E-state index contributed by atoms with van der Waals surface area (Å²) in [6.45, 7) is 0. The summed E-state index contributed by atoms with van der Waals surface area (Å²) in [5, 5.41) is 0. The van der Waals surface area contributed by atoms with Crippen molar-refractivity contribution in [3.05, 3.63) is 108 Å². The molecule has 4 rings (SSSR count). The highest BCUT2D eigenvalue weighted by Gasteiger charge is 2.38. The van der Waals surface area contributed by atoms with E-state index < -0.39 is 0 Å². The zero-order valence-corrected chi connectivity index (χ0v) is 12.4. The predicted molar refractivity (Wildman–Crippen MR) is 89.3 cm³/mol. The van der Waals surface area contributed by atoms with Crippen LogP contribution in [0.3, 0.4) is 0 Å². The van der Waals surface area contributed by atoms with Crippen LogP contribution in [0.4, 0.5) is 0 Å². The van der Waals surface area contributed by atoms with Crippen LogP contribution in [0.1, 0.15) is 24.0 Å². The van der Waals surface area contributed by atoms with Gasteiger partial charge in [0.15, 0.2) is 0 Å². The summed E-state index contributed by atoms with van der Waals surface area (Å²) in [7, 11) is 0. The summed E-state index contributed by atoms with van der Waals surface area (Å²) in [5.41, 5.74) is 4.01. The second kappa shape index (κ2) is 5.34. The van der Waals surface area contributed by atoms with Crippen LogP contribution in [-0.4, -0.2) is 0 Å². The Hall–Kier alpha value is -2.54. The summed E-state index contributed by atoms with van der Waals surface area (Å²) in [4.78, 5) is 0. The third-order valence-corrected chi connectivity index (χ3v) is 4.67. The second-order valence-corrected chi connectivity index (χ2v) is 5.90. The molecule has 1 heteroatoms. The Labute approximate surface area is 131 Å². The van der Waals surface area contributed by atoms with Gasteiger partial charge in [0.25, 0.3) is 0 Å². The molecule has 0 fully saturated rings. The van der Waals surface area contributed by atoms with Crippen LogP contribution in [0.2, 0.25) is 0 Å². The molecule has 0 atom stereocenters. The first-order chi connectivity index (χ1) is 10.9. The fourth-order valence-corrected chi connectivity index (χ4v) is 3.54. The summed E-state index contributed by atoms with van der Waals surface area (Å²) >= 11 is 0. The molecule has 0 amide bonds. The fraction of sp³-hybridized carbons (Fsp3) is 0.143. The number of rotatable bonds is 2. The van der Waals surface area contributed by atoms with Crippen molar-refractivity contribution in [2.75, 3.05) is 0 Å². The molecule has 0 spiro atoms. The number of hydrogen-bond donors (Lipinski definition) is 0. The van der Waals surface area contributed by atoms with E-state index in [9.17, 15) is 0 Å². The van der Waals surface area contributed by atoms with Crippen molar-refractivity contribution < 1.29 is 4.74 Å². The molecule has 0 N–H and O–H groups in total. The van der Waals surface area contributed by atoms with Crippen molar-refractivity contribution in [2.45, 2.75) is 18.3 Å². The smallest absolute Gasteiger partial charge is 0.125 e. The molecule has 0 saturated carbocycles. The molecule has 1 heterocycles. The third-order valence-electron chi connectivity index (χ3n) is 4.67. The molecule has 0 radical (unpaired) electrons. The zero-order chi connectivity index (χ0) is 14.8. The normalized spacial score (nSPS) is 18.7. The maximum absolute atomic E-state index is 5.66. The number of fused-ring (bicyclic) bond motifs is 1. The highest BCUT2D eigenvalue weighted by Crippen LogP contribution is 2.46. The lowest BCUT2D eigenvalue weighted by atomic mass is 9.65. The molecule has 108 valence electrons. The Morgan fingerprint density at radius 1 is 0.818 bits per heavy atom. The van der Waals surface area contributed by atoms with Crippen LogP contribution in [0.15, 0.2) is 96.5 Å². The Morgan fingerprint density at radius 2 is 1.45 bits per heavy atom. The van der Waals surface area contributed by atoms with Crippen LogP contribution in [0.25, 0.3) is 0 Å². The van der Waals surface area contributed by atoms with E-state index in [1.807, 2.05) is 6.08 Å². The van der Waals surface area contributed by atoms with E-state index >= 15 is 0 Å². The monoisotopic (exact) mass is 286 g/mol. The van der Waals surface area contributed by atoms with Gasteiger partial charge >= 0.3 is 0 Å². The van der Waals surface area contributed by atoms with Gasteiger partial charge in [-0.2, -0.15) is 0 Å². The van der Waals surface area contributed by atoms with Crippen molar-refractivity contribution in [2.24, 2.45) is 0 Å². The van der Waals surface area contributed by atoms with Crippen molar-refractivity contribution >= 4 is 0 Å². The SMILES string of the molecule is C1=COC2=CCC(c3ccccc3)(c3ccccc3)CC2=C1. The molecule has 22 heavy (non-hydrogen) atoms. The number of hydrogen-bond acceptors (Lipinski definition) is 1. The van der Waals surface area contributed by atoms with E-state index in [1.165, 1.54) is 16.7 Å². The first-order valence-electron chi connectivity index (χ1n) is 7.72. The average molecular weight is 286 g/mol. The average Bonchev–Trinajstić information content (AvgIpc) is 2.63. The van der Waals surface area contributed by atoms with E-state index in [0.717, 1.165) is 18.6 Å². The summed E-state index contributed by atoms with van der Waals surface area (Å²) in [6, 6.07) is 21.7. The van der Waals surface area contributed by atoms with Gasteiger partial charge in [-0.05, 0) is 41.7 Å². The molecule has 2 aromatic carbocycles. The van der Waals surface area contributed by atoms with Gasteiger partial charge in [0.1, 0.15) is 5.76 Å².